The van der Waals surface area contributed by atoms with Gasteiger partial charge < -0.3 is 28.6 Å². The fourth-order valence-electron chi connectivity index (χ4n) is 3.12. The highest BCUT2D eigenvalue weighted by Gasteiger charge is 2.38. The summed E-state index contributed by atoms with van der Waals surface area (Å²) in [5.74, 6) is 1.13. The molecule has 0 bridgehead atoms. The fraction of sp³-hybridized carbons (Fsp3) is 0.588. The summed E-state index contributed by atoms with van der Waals surface area (Å²) in [7, 11) is 4.99. The molecule has 0 aliphatic carbocycles. The van der Waals surface area contributed by atoms with Crippen molar-refractivity contribution in [2.45, 2.75) is 18.2 Å². The van der Waals surface area contributed by atoms with Crippen molar-refractivity contribution in [1.82, 2.24) is 4.90 Å². The van der Waals surface area contributed by atoms with Gasteiger partial charge in [0.15, 0.2) is 11.5 Å². The molecule has 1 amide bonds. The summed E-state index contributed by atoms with van der Waals surface area (Å²) >= 11 is 0. The zero-order chi connectivity index (χ0) is 17.1. The van der Waals surface area contributed by atoms with E-state index < -0.39 is 0 Å². The maximum atomic E-state index is 12.9. The van der Waals surface area contributed by atoms with Gasteiger partial charge in [-0.1, -0.05) is 0 Å². The van der Waals surface area contributed by atoms with Gasteiger partial charge in [-0.05, 0) is 18.2 Å². The maximum absolute atomic E-state index is 12.9. The molecule has 1 saturated heterocycles. The monoisotopic (exact) mass is 337 g/mol. The SMILES string of the molecule is CO[C@H]1[C@H](N(C)C(=O)c2ccc3c(c2)OCCO3)COC[C@H]1OC. The lowest BCUT2D eigenvalue weighted by molar-refractivity contribution is -0.147. The molecule has 0 saturated carbocycles. The highest BCUT2D eigenvalue weighted by molar-refractivity contribution is 5.95. The minimum Gasteiger partial charge on any atom is -0.486 e. The van der Waals surface area contributed by atoms with E-state index in [0.29, 0.717) is 43.5 Å². The predicted molar refractivity (Wildman–Crippen MR) is 85.7 cm³/mol. The largest absolute Gasteiger partial charge is 0.486 e. The van der Waals surface area contributed by atoms with Gasteiger partial charge in [-0.25, -0.2) is 0 Å². The van der Waals surface area contributed by atoms with Crippen LogP contribution in [0.5, 0.6) is 11.5 Å². The third-order valence-electron chi connectivity index (χ3n) is 4.50. The van der Waals surface area contributed by atoms with Crippen molar-refractivity contribution < 1.29 is 28.5 Å². The van der Waals surface area contributed by atoms with Crippen molar-refractivity contribution in [1.29, 1.82) is 0 Å². The molecule has 2 heterocycles. The van der Waals surface area contributed by atoms with Gasteiger partial charge in [-0.3, -0.25) is 4.79 Å². The molecule has 2 aliphatic heterocycles. The number of nitrogens with zero attached hydrogens (tertiary/aromatic N) is 1. The number of hydrogen-bond acceptors (Lipinski definition) is 6. The number of amides is 1. The fourth-order valence-corrected chi connectivity index (χ4v) is 3.12. The number of rotatable bonds is 4. The van der Waals surface area contributed by atoms with Gasteiger partial charge in [0.1, 0.15) is 25.4 Å². The Morgan fingerprint density at radius 2 is 1.88 bits per heavy atom. The lowest BCUT2D eigenvalue weighted by atomic mass is 10.0. The molecule has 1 fully saturated rings. The Morgan fingerprint density at radius 1 is 1.12 bits per heavy atom. The second kappa shape index (κ2) is 7.38. The Bertz CT molecular complexity index is 592. The molecule has 0 N–H and O–H groups in total. The maximum Gasteiger partial charge on any atom is 0.254 e. The summed E-state index contributed by atoms with van der Waals surface area (Å²) in [6.45, 7) is 1.87. The summed E-state index contributed by atoms with van der Waals surface area (Å²) in [5, 5.41) is 0. The normalized spacial score (nSPS) is 26.0. The van der Waals surface area contributed by atoms with Crippen LogP contribution in [0, 0.1) is 0 Å². The Labute approximate surface area is 141 Å². The van der Waals surface area contributed by atoms with Crippen LogP contribution in [0.15, 0.2) is 18.2 Å². The first-order valence-corrected chi connectivity index (χ1v) is 7.96. The second-order valence-electron chi connectivity index (χ2n) is 5.85. The lowest BCUT2D eigenvalue weighted by Gasteiger charge is -2.40. The minimum atomic E-state index is -0.241. The van der Waals surface area contributed by atoms with Crippen LogP contribution in [-0.4, -0.2) is 76.8 Å². The van der Waals surface area contributed by atoms with Crippen LogP contribution in [-0.2, 0) is 14.2 Å². The van der Waals surface area contributed by atoms with Gasteiger partial charge in [0, 0.05) is 26.8 Å². The molecule has 7 nitrogen and oxygen atoms in total. The Kier molecular flexibility index (Phi) is 5.23. The van der Waals surface area contributed by atoms with E-state index in [-0.39, 0.29) is 24.2 Å². The highest BCUT2D eigenvalue weighted by Crippen LogP contribution is 2.31. The Hall–Kier alpha value is -1.83. The molecule has 0 aromatic heterocycles. The van der Waals surface area contributed by atoms with Crippen LogP contribution in [0.3, 0.4) is 0 Å². The van der Waals surface area contributed by atoms with Crippen molar-refractivity contribution in [2.24, 2.45) is 0 Å². The predicted octanol–water partition coefficient (Wildman–Crippen LogP) is 0.959. The molecule has 0 unspecified atom stereocenters. The topological polar surface area (TPSA) is 66.5 Å². The zero-order valence-corrected chi connectivity index (χ0v) is 14.2. The van der Waals surface area contributed by atoms with E-state index in [2.05, 4.69) is 0 Å². The molecule has 3 atom stereocenters. The van der Waals surface area contributed by atoms with Crippen molar-refractivity contribution in [3.63, 3.8) is 0 Å². The number of benzene rings is 1. The number of carbonyl (C=O) groups excluding carboxylic acids is 1. The van der Waals surface area contributed by atoms with Crippen LogP contribution in [0.25, 0.3) is 0 Å². The molecule has 1 aromatic rings. The van der Waals surface area contributed by atoms with Crippen molar-refractivity contribution in [2.75, 3.05) is 47.7 Å². The minimum absolute atomic E-state index is 0.126. The number of hydrogen-bond donors (Lipinski definition) is 0. The van der Waals surface area contributed by atoms with Crippen LogP contribution in [0.1, 0.15) is 10.4 Å². The number of fused-ring (bicyclic) bond motifs is 1. The molecule has 0 spiro atoms. The van der Waals surface area contributed by atoms with E-state index >= 15 is 0 Å². The summed E-state index contributed by atoms with van der Waals surface area (Å²) in [4.78, 5) is 14.5. The standard InChI is InChI=1S/C17H23NO6/c1-18(12-9-22-10-15(20-2)16(12)21-3)17(19)11-4-5-13-14(8-11)24-7-6-23-13/h4-5,8,12,15-16H,6-7,9-10H2,1-3H3/t12-,15-,16+/m1/s1. The first-order valence-electron chi connectivity index (χ1n) is 7.96. The molecule has 24 heavy (non-hydrogen) atoms. The van der Waals surface area contributed by atoms with Crippen LogP contribution >= 0.6 is 0 Å². The van der Waals surface area contributed by atoms with E-state index in [0.717, 1.165) is 0 Å². The Morgan fingerprint density at radius 3 is 2.58 bits per heavy atom. The van der Waals surface area contributed by atoms with E-state index in [1.54, 1.807) is 44.4 Å². The number of likely N-dealkylation sites (N-methyl/N-ethyl adjacent to an activating group) is 1. The molecular formula is C17H23NO6. The van der Waals surface area contributed by atoms with Crippen molar-refractivity contribution in [3.05, 3.63) is 23.8 Å². The zero-order valence-electron chi connectivity index (χ0n) is 14.2. The van der Waals surface area contributed by atoms with Gasteiger partial charge in [0.05, 0.1) is 19.3 Å². The summed E-state index contributed by atoms with van der Waals surface area (Å²) in [6, 6.07) is 4.99. The molecule has 2 aliphatic rings. The van der Waals surface area contributed by atoms with Gasteiger partial charge >= 0.3 is 0 Å². The van der Waals surface area contributed by atoms with Crippen molar-refractivity contribution in [3.8, 4) is 11.5 Å². The van der Waals surface area contributed by atoms with E-state index in [4.69, 9.17) is 23.7 Å². The van der Waals surface area contributed by atoms with E-state index in [9.17, 15) is 4.79 Å². The average molecular weight is 337 g/mol. The number of carbonyl (C=O) groups is 1. The molecular weight excluding hydrogens is 314 g/mol. The summed E-state index contributed by atoms with van der Waals surface area (Å²) in [6.07, 6.45) is -0.445. The molecule has 1 aromatic carbocycles. The lowest BCUT2D eigenvalue weighted by Crippen LogP contribution is -2.57. The highest BCUT2D eigenvalue weighted by atomic mass is 16.6. The van der Waals surface area contributed by atoms with Crippen molar-refractivity contribution >= 4 is 5.91 Å². The smallest absolute Gasteiger partial charge is 0.254 e. The van der Waals surface area contributed by atoms with Crippen LogP contribution in [0.2, 0.25) is 0 Å². The van der Waals surface area contributed by atoms with Gasteiger partial charge in [-0.2, -0.15) is 0 Å². The third-order valence-corrected chi connectivity index (χ3v) is 4.50. The summed E-state index contributed by atoms with van der Waals surface area (Å²) < 4.78 is 27.6. The quantitative estimate of drug-likeness (QED) is 0.815. The number of ether oxygens (including phenoxy) is 5. The first kappa shape index (κ1) is 17.0. The Balaban J connectivity index is 1.78. The second-order valence-corrected chi connectivity index (χ2v) is 5.85. The van der Waals surface area contributed by atoms with Gasteiger partial charge in [0.25, 0.3) is 5.91 Å². The van der Waals surface area contributed by atoms with Crippen LogP contribution < -0.4 is 9.47 Å². The summed E-state index contributed by atoms with van der Waals surface area (Å²) in [5.41, 5.74) is 0.538. The molecule has 132 valence electrons. The molecule has 3 rings (SSSR count). The average Bonchev–Trinajstić information content (AvgIpc) is 2.65. The molecule has 7 heteroatoms. The van der Waals surface area contributed by atoms with E-state index in [1.165, 1.54) is 0 Å². The van der Waals surface area contributed by atoms with Gasteiger partial charge in [-0.15, -0.1) is 0 Å². The van der Waals surface area contributed by atoms with Crippen LogP contribution in [0.4, 0.5) is 0 Å². The third kappa shape index (κ3) is 3.19. The van der Waals surface area contributed by atoms with E-state index in [1.807, 2.05) is 0 Å². The van der Waals surface area contributed by atoms with Gasteiger partial charge in [0.2, 0.25) is 0 Å². The molecule has 0 radical (unpaired) electrons. The number of methoxy groups -OCH3 is 2. The first-order chi connectivity index (χ1) is 11.7.